The molecule has 0 aromatic carbocycles. The first kappa shape index (κ1) is 20.5. The molecule has 0 radical (unpaired) electrons. The second kappa shape index (κ2) is 5.89. The molecular formula is C23H36O5. The van der Waals surface area contributed by atoms with Crippen LogP contribution in [0.4, 0.5) is 0 Å². The van der Waals surface area contributed by atoms with Crippen LogP contribution in [0, 0.1) is 33.5 Å². The Labute approximate surface area is 167 Å². The van der Waals surface area contributed by atoms with Crippen LogP contribution < -0.4 is 0 Å². The summed E-state index contributed by atoms with van der Waals surface area (Å²) in [7, 11) is 0. The van der Waals surface area contributed by atoms with E-state index >= 15 is 0 Å². The third-order valence-corrected chi connectivity index (χ3v) is 10.4. The maximum absolute atomic E-state index is 12.5. The van der Waals surface area contributed by atoms with Crippen LogP contribution in [-0.4, -0.2) is 45.2 Å². The van der Waals surface area contributed by atoms with Gasteiger partial charge in [0.1, 0.15) is 18.0 Å². The van der Waals surface area contributed by atoms with Crippen molar-refractivity contribution in [1.82, 2.24) is 0 Å². The maximum Gasteiger partial charge on any atom is 0.190 e. The Balaban J connectivity index is 1.79. The Morgan fingerprint density at radius 1 is 1.07 bits per heavy atom. The quantitative estimate of drug-likeness (QED) is 0.672. The van der Waals surface area contributed by atoms with E-state index < -0.39 is 29.5 Å². The Morgan fingerprint density at radius 3 is 2.39 bits per heavy atom. The van der Waals surface area contributed by atoms with Gasteiger partial charge < -0.3 is 15.3 Å². The first-order chi connectivity index (χ1) is 12.9. The zero-order valence-electron chi connectivity index (χ0n) is 17.8. The van der Waals surface area contributed by atoms with Crippen molar-refractivity contribution >= 4 is 11.6 Å². The molecule has 0 heterocycles. The van der Waals surface area contributed by atoms with Gasteiger partial charge in [-0.3, -0.25) is 9.59 Å². The lowest BCUT2D eigenvalue weighted by molar-refractivity contribution is -0.247. The van der Waals surface area contributed by atoms with E-state index in [-0.39, 0.29) is 28.1 Å². The summed E-state index contributed by atoms with van der Waals surface area (Å²) >= 11 is 0. The van der Waals surface area contributed by atoms with Crippen molar-refractivity contribution in [3.8, 4) is 0 Å². The number of ketones is 2. The fourth-order valence-corrected chi connectivity index (χ4v) is 8.77. The lowest BCUT2D eigenvalue weighted by Crippen LogP contribution is -2.68. The third kappa shape index (κ3) is 2.19. The Kier molecular flexibility index (Phi) is 4.31. The molecule has 0 bridgehead atoms. The number of rotatable bonds is 2. The molecule has 0 aromatic rings. The van der Waals surface area contributed by atoms with E-state index in [2.05, 4.69) is 20.8 Å². The van der Waals surface area contributed by atoms with Crippen LogP contribution in [0.3, 0.4) is 0 Å². The molecule has 8 atom stereocenters. The van der Waals surface area contributed by atoms with Crippen LogP contribution >= 0.6 is 0 Å². The highest BCUT2D eigenvalue weighted by Crippen LogP contribution is 2.75. The van der Waals surface area contributed by atoms with Gasteiger partial charge in [-0.25, -0.2) is 0 Å². The number of carbonyl (C=O) groups is 2. The van der Waals surface area contributed by atoms with E-state index in [9.17, 15) is 24.9 Å². The summed E-state index contributed by atoms with van der Waals surface area (Å²) in [4.78, 5) is 24.8. The summed E-state index contributed by atoms with van der Waals surface area (Å²) < 4.78 is 0. The summed E-state index contributed by atoms with van der Waals surface area (Å²) in [6.07, 6.45) is 4.67. The average molecular weight is 393 g/mol. The topological polar surface area (TPSA) is 94.8 Å². The summed E-state index contributed by atoms with van der Waals surface area (Å²) in [6.45, 7) is 8.04. The van der Waals surface area contributed by atoms with Crippen molar-refractivity contribution in [1.29, 1.82) is 0 Å². The van der Waals surface area contributed by atoms with Gasteiger partial charge in [-0.2, -0.15) is 0 Å². The first-order valence-electron chi connectivity index (χ1n) is 10.9. The summed E-state index contributed by atoms with van der Waals surface area (Å²) in [5.74, 6) is -0.00576. The van der Waals surface area contributed by atoms with E-state index in [1.54, 1.807) is 0 Å². The summed E-state index contributed by atoms with van der Waals surface area (Å²) in [5.41, 5.74) is -2.72. The number of aliphatic hydroxyl groups excluding tert-OH is 2. The third-order valence-electron chi connectivity index (χ3n) is 10.4. The van der Waals surface area contributed by atoms with Crippen molar-refractivity contribution in [2.75, 3.05) is 6.61 Å². The number of hydrogen-bond acceptors (Lipinski definition) is 5. The molecule has 4 rings (SSSR count). The first-order valence-corrected chi connectivity index (χ1v) is 10.9. The van der Waals surface area contributed by atoms with Crippen LogP contribution in [0.25, 0.3) is 0 Å². The van der Waals surface area contributed by atoms with Crippen LogP contribution in [-0.2, 0) is 9.59 Å². The lowest BCUT2D eigenvalue weighted by Gasteiger charge is -2.69. The van der Waals surface area contributed by atoms with Crippen molar-refractivity contribution in [3.05, 3.63) is 0 Å². The fraction of sp³-hybridized carbons (Fsp3) is 0.913. The standard InChI is InChI=1S/C23H36O5/c1-19-9-10-20(2)16-6-8-23(28,17(27)13-24)22(16,4)12-15(26)18(20)21(19,3)7-5-14(25)11-19/h15-16,18,24,26,28H,5-13H2,1-4H3/t15-,16-,18-,19+,20-,21+,22-,23-/m0/s1. The molecular weight excluding hydrogens is 356 g/mol. The summed E-state index contributed by atoms with van der Waals surface area (Å²) in [5, 5.41) is 32.3. The Morgan fingerprint density at radius 2 is 1.75 bits per heavy atom. The second-order valence-electron chi connectivity index (χ2n) is 11.4. The van der Waals surface area contributed by atoms with Crippen LogP contribution in [0.2, 0.25) is 0 Å². The summed E-state index contributed by atoms with van der Waals surface area (Å²) in [6, 6.07) is 0. The van der Waals surface area contributed by atoms with E-state index in [1.165, 1.54) is 0 Å². The van der Waals surface area contributed by atoms with E-state index in [4.69, 9.17) is 0 Å². The molecule has 5 heteroatoms. The molecule has 0 saturated heterocycles. The van der Waals surface area contributed by atoms with Gasteiger partial charge in [0, 0.05) is 18.3 Å². The van der Waals surface area contributed by atoms with Gasteiger partial charge >= 0.3 is 0 Å². The van der Waals surface area contributed by atoms with Crippen molar-refractivity contribution in [3.63, 3.8) is 0 Å². The van der Waals surface area contributed by atoms with Gasteiger partial charge in [0.05, 0.1) is 6.10 Å². The molecule has 4 saturated carbocycles. The number of Topliss-reactive ketones (excluding diaryl/α,β-unsaturated/α-hetero) is 2. The van der Waals surface area contributed by atoms with Gasteiger partial charge in [0.2, 0.25) is 0 Å². The molecule has 158 valence electrons. The van der Waals surface area contributed by atoms with Crippen molar-refractivity contribution < 1.29 is 24.9 Å². The lowest BCUT2D eigenvalue weighted by atomic mass is 9.35. The molecule has 4 aliphatic rings. The zero-order chi connectivity index (χ0) is 20.8. The van der Waals surface area contributed by atoms with E-state index in [0.29, 0.717) is 31.5 Å². The SMILES string of the molecule is C[C@@]12CC[C@]3(C)CC(=O)CC[C@]3(C)[C@H]1[C@@H](O)C[C@@]1(C)[C@H]2CC[C@]1(O)C(=O)CO. The van der Waals surface area contributed by atoms with Gasteiger partial charge in [-0.15, -0.1) is 0 Å². The molecule has 0 unspecified atom stereocenters. The molecule has 0 spiro atoms. The van der Waals surface area contributed by atoms with Crippen LogP contribution in [0.1, 0.15) is 79.1 Å². The number of carbonyl (C=O) groups excluding carboxylic acids is 2. The molecule has 0 aromatic heterocycles. The number of hydrogen-bond donors (Lipinski definition) is 3. The average Bonchev–Trinajstić information content (AvgIpc) is 2.88. The smallest absolute Gasteiger partial charge is 0.190 e. The Bertz CT molecular complexity index is 720. The highest BCUT2D eigenvalue weighted by Gasteiger charge is 2.73. The normalized spacial score (nSPS) is 56.0. The maximum atomic E-state index is 12.5. The van der Waals surface area contributed by atoms with Crippen molar-refractivity contribution in [2.24, 2.45) is 33.5 Å². The Hall–Kier alpha value is -0.780. The van der Waals surface area contributed by atoms with Crippen LogP contribution in [0.5, 0.6) is 0 Å². The second-order valence-corrected chi connectivity index (χ2v) is 11.4. The predicted molar refractivity (Wildman–Crippen MR) is 104 cm³/mol. The molecule has 5 nitrogen and oxygen atoms in total. The van der Waals surface area contributed by atoms with E-state index in [1.807, 2.05) is 6.92 Å². The van der Waals surface area contributed by atoms with Gasteiger partial charge in [-0.05, 0) is 66.6 Å². The highest BCUT2D eigenvalue weighted by atomic mass is 16.3. The van der Waals surface area contributed by atoms with Gasteiger partial charge in [-0.1, -0.05) is 27.7 Å². The number of aliphatic hydroxyl groups is 3. The number of fused-ring (bicyclic) bond motifs is 5. The minimum absolute atomic E-state index is 0.0523. The largest absolute Gasteiger partial charge is 0.393 e. The van der Waals surface area contributed by atoms with Crippen molar-refractivity contribution in [2.45, 2.75) is 90.8 Å². The molecule has 4 aliphatic carbocycles. The molecule has 4 fully saturated rings. The predicted octanol–water partition coefficient (Wildman–Crippen LogP) is 2.64. The molecule has 3 N–H and O–H groups in total. The minimum Gasteiger partial charge on any atom is -0.393 e. The van der Waals surface area contributed by atoms with Crippen LogP contribution in [0.15, 0.2) is 0 Å². The molecule has 0 aliphatic heterocycles. The zero-order valence-corrected chi connectivity index (χ0v) is 17.8. The minimum atomic E-state index is -1.56. The fourth-order valence-electron chi connectivity index (χ4n) is 8.77. The monoisotopic (exact) mass is 392 g/mol. The van der Waals surface area contributed by atoms with E-state index in [0.717, 1.165) is 25.7 Å². The molecule has 28 heavy (non-hydrogen) atoms. The highest BCUT2D eigenvalue weighted by molar-refractivity contribution is 5.89. The molecule has 0 amide bonds. The van der Waals surface area contributed by atoms with Gasteiger partial charge in [0.15, 0.2) is 5.78 Å². The van der Waals surface area contributed by atoms with Gasteiger partial charge in [0.25, 0.3) is 0 Å².